The van der Waals surface area contributed by atoms with Crippen LogP contribution in [0.4, 0.5) is 0 Å². The Hall–Kier alpha value is -2.06. The van der Waals surface area contributed by atoms with Crippen LogP contribution < -0.4 is 20.9 Å². The average molecular weight is 522 g/mol. The van der Waals surface area contributed by atoms with Crippen molar-refractivity contribution in [3.05, 3.63) is 65.0 Å². The molecule has 1 aromatic carbocycles. The van der Waals surface area contributed by atoms with E-state index >= 15 is 0 Å². The molecular weight excluding hydrogens is 474 g/mol. The Labute approximate surface area is 226 Å². The molecule has 4 N–H and O–H groups in total. The number of amides is 1. The Balaban J connectivity index is 1.09. The third-order valence-electron chi connectivity index (χ3n) is 8.00. The van der Waals surface area contributed by atoms with Crippen LogP contribution in [0.2, 0.25) is 5.54 Å². The highest BCUT2D eigenvalue weighted by Gasteiger charge is 2.19. The molecule has 1 fully saturated rings. The fourth-order valence-electron chi connectivity index (χ4n) is 5.68. The first-order valence-electron chi connectivity index (χ1n) is 14.6. The lowest BCUT2D eigenvalue weighted by molar-refractivity contribution is -0.120. The van der Waals surface area contributed by atoms with Gasteiger partial charge in [0, 0.05) is 30.9 Å². The van der Waals surface area contributed by atoms with Gasteiger partial charge in [0.15, 0.2) is 0 Å². The maximum atomic E-state index is 12.6. The minimum Gasteiger partial charge on any atom is -0.352 e. The van der Waals surface area contributed by atoms with Crippen LogP contribution in [0.25, 0.3) is 0 Å². The SMILES string of the molecule is C[C@H]([SiH2]NCc1ccccn1)C(=O)NCc1ccc2c(c1)CCC(CNCCCNC1CCCCC1)C2. The molecule has 7 heteroatoms. The topological polar surface area (TPSA) is 78.1 Å². The number of carbonyl (C=O) groups excluding carboxylic acids is 1. The summed E-state index contributed by atoms with van der Waals surface area (Å²) >= 11 is 0. The second kappa shape index (κ2) is 15.4. The van der Waals surface area contributed by atoms with Crippen LogP contribution in [-0.4, -0.2) is 46.2 Å². The predicted molar refractivity (Wildman–Crippen MR) is 155 cm³/mol. The van der Waals surface area contributed by atoms with E-state index in [1.165, 1.54) is 68.1 Å². The number of nitrogens with one attached hydrogen (secondary N) is 4. The number of fused-ring (bicyclic) bond motifs is 1. The predicted octanol–water partition coefficient (Wildman–Crippen LogP) is 3.39. The molecule has 2 aromatic rings. The number of aromatic nitrogens is 1. The van der Waals surface area contributed by atoms with Gasteiger partial charge in [-0.1, -0.05) is 50.5 Å². The van der Waals surface area contributed by atoms with Crippen molar-refractivity contribution in [1.29, 1.82) is 0 Å². The monoisotopic (exact) mass is 521 g/mol. The number of pyridine rings is 1. The highest BCUT2D eigenvalue weighted by molar-refractivity contribution is 6.41. The minimum absolute atomic E-state index is 0.0534. The molecule has 0 spiro atoms. The van der Waals surface area contributed by atoms with E-state index in [0.717, 1.165) is 50.3 Å². The molecule has 4 rings (SSSR count). The molecule has 2 atom stereocenters. The zero-order valence-corrected chi connectivity index (χ0v) is 24.1. The van der Waals surface area contributed by atoms with Gasteiger partial charge in [-0.25, -0.2) is 0 Å². The number of hydrogen-bond donors (Lipinski definition) is 4. The number of carbonyl (C=O) groups is 1. The number of benzene rings is 1. The molecule has 202 valence electrons. The van der Waals surface area contributed by atoms with Gasteiger partial charge in [0.05, 0.1) is 5.69 Å². The lowest BCUT2D eigenvalue weighted by Gasteiger charge is -2.26. The molecule has 37 heavy (non-hydrogen) atoms. The van der Waals surface area contributed by atoms with Gasteiger partial charge in [-0.3, -0.25) is 9.78 Å². The average Bonchev–Trinajstić information content (AvgIpc) is 2.94. The molecule has 1 heterocycles. The number of rotatable bonds is 14. The first-order chi connectivity index (χ1) is 18.2. The summed E-state index contributed by atoms with van der Waals surface area (Å²) in [5.41, 5.74) is 5.25. The van der Waals surface area contributed by atoms with Crippen LogP contribution in [0.5, 0.6) is 0 Å². The summed E-state index contributed by atoms with van der Waals surface area (Å²) in [4.78, 5) is 20.4. The molecule has 1 unspecified atom stereocenters. The van der Waals surface area contributed by atoms with Gasteiger partial charge in [0.1, 0.15) is 9.68 Å². The maximum Gasteiger partial charge on any atom is 0.221 e. The Morgan fingerprint density at radius 3 is 2.78 bits per heavy atom. The van der Waals surface area contributed by atoms with Crippen molar-refractivity contribution >= 4 is 15.6 Å². The summed E-state index contributed by atoms with van der Waals surface area (Å²) in [5.74, 6) is 0.881. The standard InChI is InChI=1S/C30H47N5OSi/c1-23(37-35-22-29-10-5-6-16-33-29)30(36)34-21-25-12-14-26-18-24(11-13-27(26)19-25)20-31-15-7-17-32-28-8-3-2-4-9-28/h5-6,10,12,14,16,19,23-24,28,31-32,35H,2-4,7-9,11,13,15,17-18,20-22,37H2,1H3,(H,34,36)/t23-,24?/m0/s1. The van der Waals surface area contributed by atoms with Crippen LogP contribution in [0.3, 0.4) is 0 Å². The van der Waals surface area contributed by atoms with Gasteiger partial charge in [-0.05, 0) is 92.9 Å². The van der Waals surface area contributed by atoms with Crippen LogP contribution in [0.15, 0.2) is 42.6 Å². The van der Waals surface area contributed by atoms with E-state index in [1.54, 1.807) is 0 Å². The number of nitrogens with zero attached hydrogens (tertiary/aromatic N) is 1. The largest absolute Gasteiger partial charge is 0.352 e. The van der Waals surface area contributed by atoms with E-state index in [1.807, 2.05) is 31.3 Å². The third kappa shape index (κ3) is 9.64. The zero-order chi connectivity index (χ0) is 25.7. The van der Waals surface area contributed by atoms with Gasteiger partial charge in [-0.2, -0.15) is 0 Å². The van der Waals surface area contributed by atoms with Crippen LogP contribution in [0, 0.1) is 5.92 Å². The molecule has 2 aliphatic carbocycles. The fraction of sp³-hybridized carbons (Fsp3) is 0.600. The summed E-state index contributed by atoms with van der Waals surface area (Å²) in [6.45, 7) is 6.77. The van der Waals surface area contributed by atoms with Gasteiger partial charge in [0.2, 0.25) is 5.91 Å². The van der Waals surface area contributed by atoms with Crippen molar-refractivity contribution in [3.8, 4) is 0 Å². The van der Waals surface area contributed by atoms with E-state index in [-0.39, 0.29) is 11.4 Å². The molecule has 0 radical (unpaired) electrons. The molecule has 1 amide bonds. The van der Waals surface area contributed by atoms with Gasteiger partial charge in [-0.15, -0.1) is 0 Å². The van der Waals surface area contributed by atoms with Gasteiger partial charge in [0.25, 0.3) is 0 Å². The lowest BCUT2D eigenvalue weighted by atomic mass is 9.83. The molecule has 1 aromatic heterocycles. The number of hydrogen-bond acceptors (Lipinski definition) is 5. The summed E-state index contributed by atoms with van der Waals surface area (Å²) in [5, 5.41) is 10.6. The van der Waals surface area contributed by atoms with Crippen LogP contribution in [0.1, 0.15) is 74.3 Å². The Morgan fingerprint density at radius 1 is 1.05 bits per heavy atom. The van der Waals surface area contributed by atoms with Gasteiger partial charge < -0.3 is 20.9 Å². The Kier molecular flexibility index (Phi) is 11.6. The second-order valence-corrected chi connectivity index (χ2v) is 13.3. The molecule has 6 nitrogen and oxygen atoms in total. The maximum absolute atomic E-state index is 12.6. The van der Waals surface area contributed by atoms with Crippen LogP contribution in [-0.2, 0) is 30.7 Å². The normalized spacial score (nSPS) is 19.1. The molecule has 0 bridgehead atoms. The summed E-state index contributed by atoms with van der Waals surface area (Å²) in [7, 11) is -0.704. The second-order valence-electron chi connectivity index (χ2n) is 11.1. The fourth-order valence-corrected chi connectivity index (χ4v) is 6.84. The van der Waals surface area contributed by atoms with Gasteiger partial charge >= 0.3 is 0 Å². The van der Waals surface area contributed by atoms with E-state index in [0.29, 0.717) is 6.54 Å². The first-order valence-corrected chi connectivity index (χ1v) is 16.1. The van der Waals surface area contributed by atoms with Crippen molar-refractivity contribution < 1.29 is 4.79 Å². The Morgan fingerprint density at radius 2 is 1.95 bits per heavy atom. The molecule has 0 saturated heterocycles. The van der Waals surface area contributed by atoms with Crippen molar-refractivity contribution in [3.63, 3.8) is 0 Å². The highest BCUT2D eigenvalue weighted by atomic mass is 28.2. The van der Waals surface area contributed by atoms with Crippen molar-refractivity contribution in [2.75, 3.05) is 19.6 Å². The Bertz CT molecular complexity index is 950. The summed E-state index contributed by atoms with van der Waals surface area (Å²) in [6.07, 6.45) is 13.6. The smallest absolute Gasteiger partial charge is 0.221 e. The highest BCUT2D eigenvalue weighted by Crippen LogP contribution is 2.26. The first kappa shape index (κ1) is 28.0. The van der Waals surface area contributed by atoms with E-state index < -0.39 is 9.68 Å². The van der Waals surface area contributed by atoms with Crippen molar-refractivity contribution in [1.82, 2.24) is 25.9 Å². The van der Waals surface area contributed by atoms with E-state index in [2.05, 4.69) is 44.1 Å². The van der Waals surface area contributed by atoms with Crippen molar-refractivity contribution in [2.45, 2.75) is 89.4 Å². The lowest BCUT2D eigenvalue weighted by Crippen LogP contribution is -2.34. The van der Waals surface area contributed by atoms with Crippen molar-refractivity contribution in [2.24, 2.45) is 5.92 Å². The molecule has 2 aliphatic rings. The summed E-state index contributed by atoms with van der Waals surface area (Å²) in [6, 6.07) is 13.5. The molecule has 0 aliphatic heterocycles. The quantitative estimate of drug-likeness (QED) is 0.226. The number of aryl methyl sites for hydroxylation is 1. The van der Waals surface area contributed by atoms with E-state index in [4.69, 9.17) is 0 Å². The third-order valence-corrected chi connectivity index (χ3v) is 9.52. The zero-order valence-electron chi connectivity index (χ0n) is 22.7. The van der Waals surface area contributed by atoms with E-state index in [9.17, 15) is 4.79 Å². The molecular formula is C30H47N5OSi. The van der Waals surface area contributed by atoms with Crippen LogP contribution >= 0.6 is 0 Å². The molecule has 1 saturated carbocycles. The minimum atomic E-state index is -0.704. The summed E-state index contributed by atoms with van der Waals surface area (Å²) < 4.78 is 0.